The van der Waals surface area contributed by atoms with Crippen LogP contribution < -0.4 is 10.5 Å². The summed E-state index contributed by atoms with van der Waals surface area (Å²) >= 11 is 1.82. The molecule has 110 valence electrons. The molecule has 0 aromatic heterocycles. The van der Waals surface area contributed by atoms with Gasteiger partial charge in [-0.2, -0.15) is 0 Å². The molecule has 0 amide bonds. The molecule has 1 atom stereocenters. The predicted octanol–water partition coefficient (Wildman–Crippen LogP) is 4.33. The van der Waals surface area contributed by atoms with E-state index < -0.39 is 0 Å². The normalized spacial score (nSPS) is 15.7. The zero-order valence-corrected chi connectivity index (χ0v) is 13.1. The number of benzene rings is 2. The third-order valence-electron chi connectivity index (χ3n) is 3.63. The highest BCUT2D eigenvalue weighted by Gasteiger charge is 2.23. The molecular formula is C18H21NOS. The number of aryl methyl sites for hydroxylation is 1. The fourth-order valence-electron chi connectivity index (χ4n) is 2.19. The van der Waals surface area contributed by atoms with Crippen molar-refractivity contribution in [1.29, 1.82) is 0 Å². The zero-order valence-electron chi connectivity index (χ0n) is 12.3. The van der Waals surface area contributed by atoms with Gasteiger partial charge in [0, 0.05) is 16.7 Å². The maximum Gasteiger partial charge on any atom is 0.120 e. The molecule has 2 nitrogen and oxygen atoms in total. The average molecular weight is 299 g/mol. The number of ether oxygens (including phenoxy) is 1. The summed E-state index contributed by atoms with van der Waals surface area (Å²) in [4.78, 5) is 1.30. The van der Waals surface area contributed by atoms with Crippen LogP contribution >= 0.6 is 11.8 Å². The van der Waals surface area contributed by atoms with Gasteiger partial charge >= 0.3 is 0 Å². The highest BCUT2D eigenvalue weighted by molar-refractivity contribution is 7.99. The Balaban J connectivity index is 1.62. The first kappa shape index (κ1) is 14.5. The number of hydrogen-bond donors (Lipinski definition) is 1. The van der Waals surface area contributed by atoms with Crippen LogP contribution in [-0.2, 0) is 0 Å². The Morgan fingerprint density at radius 3 is 2.76 bits per heavy atom. The zero-order chi connectivity index (χ0) is 14.7. The first-order valence-corrected chi connectivity index (χ1v) is 8.41. The van der Waals surface area contributed by atoms with Gasteiger partial charge in [0.25, 0.3) is 0 Å². The van der Waals surface area contributed by atoms with Crippen molar-refractivity contribution in [3.63, 3.8) is 0 Å². The first-order valence-electron chi connectivity index (χ1n) is 7.43. The minimum atomic E-state index is 0.0253. The SMILES string of the molecule is Cc1ccccc1SCC(N)c1cccc(OC2CC2)c1. The van der Waals surface area contributed by atoms with Crippen LogP contribution in [0.5, 0.6) is 5.75 Å². The maximum atomic E-state index is 6.33. The molecule has 2 aromatic rings. The van der Waals surface area contributed by atoms with E-state index >= 15 is 0 Å². The van der Waals surface area contributed by atoms with E-state index in [4.69, 9.17) is 10.5 Å². The summed E-state index contributed by atoms with van der Waals surface area (Å²) in [6.07, 6.45) is 2.79. The standard InChI is InChI=1S/C18H21NOS/c1-13-5-2-3-8-18(13)21-12-17(19)14-6-4-7-16(11-14)20-15-9-10-15/h2-8,11,15,17H,9-10,12,19H2,1H3. The molecule has 2 aromatic carbocycles. The van der Waals surface area contributed by atoms with Crippen molar-refractivity contribution >= 4 is 11.8 Å². The number of rotatable bonds is 6. The molecule has 1 aliphatic carbocycles. The average Bonchev–Trinajstić information content (AvgIpc) is 3.30. The van der Waals surface area contributed by atoms with E-state index in [2.05, 4.69) is 43.3 Å². The van der Waals surface area contributed by atoms with Gasteiger partial charge in [0.2, 0.25) is 0 Å². The third-order valence-corrected chi connectivity index (χ3v) is 4.92. The van der Waals surface area contributed by atoms with Crippen LogP contribution in [0.15, 0.2) is 53.4 Å². The van der Waals surface area contributed by atoms with Crippen LogP contribution in [0.25, 0.3) is 0 Å². The molecule has 0 radical (unpaired) electrons. The predicted molar refractivity (Wildman–Crippen MR) is 88.9 cm³/mol. The summed E-state index contributed by atoms with van der Waals surface area (Å²) in [6.45, 7) is 2.14. The molecule has 3 heteroatoms. The Morgan fingerprint density at radius 1 is 1.19 bits per heavy atom. The van der Waals surface area contributed by atoms with Crippen molar-refractivity contribution < 1.29 is 4.74 Å². The molecular weight excluding hydrogens is 278 g/mol. The van der Waals surface area contributed by atoms with Crippen molar-refractivity contribution in [2.45, 2.75) is 36.8 Å². The molecule has 0 heterocycles. The second-order valence-electron chi connectivity index (χ2n) is 5.57. The van der Waals surface area contributed by atoms with E-state index in [9.17, 15) is 0 Å². The van der Waals surface area contributed by atoms with Crippen molar-refractivity contribution in [2.75, 3.05) is 5.75 Å². The van der Waals surface area contributed by atoms with Gasteiger partial charge in [0.05, 0.1) is 6.10 Å². The summed E-state index contributed by atoms with van der Waals surface area (Å²) in [5, 5.41) is 0. The molecule has 0 spiro atoms. The summed E-state index contributed by atoms with van der Waals surface area (Å²) in [5.41, 5.74) is 8.79. The van der Waals surface area contributed by atoms with Gasteiger partial charge in [-0.3, -0.25) is 0 Å². The van der Waals surface area contributed by atoms with Gasteiger partial charge in [0.15, 0.2) is 0 Å². The maximum absolute atomic E-state index is 6.33. The van der Waals surface area contributed by atoms with Gasteiger partial charge in [0.1, 0.15) is 5.75 Å². The topological polar surface area (TPSA) is 35.2 Å². The second kappa shape index (κ2) is 6.54. The Labute approximate surface area is 130 Å². The van der Waals surface area contributed by atoms with E-state index in [0.717, 1.165) is 17.1 Å². The summed E-state index contributed by atoms with van der Waals surface area (Å²) < 4.78 is 5.84. The molecule has 1 fully saturated rings. The fourth-order valence-corrected chi connectivity index (χ4v) is 3.21. The van der Waals surface area contributed by atoms with Gasteiger partial charge < -0.3 is 10.5 Å². The van der Waals surface area contributed by atoms with Crippen molar-refractivity contribution in [1.82, 2.24) is 0 Å². The van der Waals surface area contributed by atoms with Crippen LogP contribution in [-0.4, -0.2) is 11.9 Å². The van der Waals surface area contributed by atoms with E-state index in [1.54, 1.807) is 0 Å². The summed E-state index contributed by atoms with van der Waals surface area (Å²) in [6, 6.07) is 16.7. The molecule has 0 bridgehead atoms. The van der Waals surface area contributed by atoms with Crippen LogP contribution in [0.4, 0.5) is 0 Å². The minimum Gasteiger partial charge on any atom is -0.490 e. The van der Waals surface area contributed by atoms with E-state index in [1.165, 1.54) is 23.3 Å². The molecule has 21 heavy (non-hydrogen) atoms. The monoisotopic (exact) mass is 299 g/mol. The molecule has 3 rings (SSSR count). The lowest BCUT2D eigenvalue weighted by Gasteiger charge is -2.14. The van der Waals surface area contributed by atoms with Crippen molar-refractivity contribution in [2.24, 2.45) is 5.73 Å². The summed E-state index contributed by atoms with van der Waals surface area (Å²) in [5.74, 6) is 1.82. The minimum absolute atomic E-state index is 0.0253. The van der Waals surface area contributed by atoms with Gasteiger partial charge in [-0.05, 0) is 49.1 Å². The Kier molecular flexibility index (Phi) is 4.51. The Hall–Kier alpha value is -1.45. The molecule has 2 N–H and O–H groups in total. The Bertz CT molecular complexity index is 610. The van der Waals surface area contributed by atoms with Gasteiger partial charge in [-0.25, -0.2) is 0 Å². The highest BCUT2D eigenvalue weighted by Crippen LogP contribution is 2.30. The third kappa shape index (κ3) is 4.02. The van der Waals surface area contributed by atoms with Gasteiger partial charge in [-0.15, -0.1) is 11.8 Å². The molecule has 0 saturated heterocycles. The second-order valence-corrected chi connectivity index (χ2v) is 6.63. The lowest BCUT2D eigenvalue weighted by atomic mass is 10.1. The largest absolute Gasteiger partial charge is 0.490 e. The van der Waals surface area contributed by atoms with Crippen LogP contribution in [0, 0.1) is 6.92 Å². The molecule has 1 unspecified atom stereocenters. The lowest BCUT2D eigenvalue weighted by Crippen LogP contribution is -2.13. The number of nitrogens with two attached hydrogens (primary N) is 1. The van der Waals surface area contributed by atoms with Crippen LogP contribution in [0.2, 0.25) is 0 Å². The molecule has 1 saturated carbocycles. The van der Waals surface area contributed by atoms with Gasteiger partial charge in [-0.1, -0.05) is 30.3 Å². The van der Waals surface area contributed by atoms with Crippen molar-refractivity contribution in [3.8, 4) is 5.75 Å². The van der Waals surface area contributed by atoms with E-state index in [1.807, 2.05) is 23.9 Å². The van der Waals surface area contributed by atoms with Crippen LogP contribution in [0.1, 0.15) is 30.0 Å². The van der Waals surface area contributed by atoms with E-state index in [-0.39, 0.29) is 6.04 Å². The molecule has 1 aliphatic rings. The quantitative estimate of drug-likeness (QED) is 0.806. The number of thioether (sulfide) groups is 1. The highest BCUT2D eigenvalue weighted by atomic mass is 32.2. The van der Waals surface area contributed by atoms with Crippen molar-refractivity contribution in [3.05, 3.63) is 59.7 Å². The smallest absolute Gasteiger partial charge is 0.120 e. The van der Waals surface area contributed by atoms with E-state index in [0.29, 0.717) is 6.10 Å². The molecule has 0 aliphatic heterocycles. The number of hydrogen-bond acceptors (Lipinski definition) is 3. The Morgan fingerprint density at radius 2 is 2.00 bits per heavy atom. The fraction of sp³-hybridized carbons (Fsp3) is 0.333. The summed E-state index contributed by atoms with van der Waals surface area (Å²) in [7, 11) is 0. The first-order chi connectivity index (χ1) is 10.2. The van der Waals surface area contributed by atoms with Crippen LogP contribution in [0.3, 0.4) is 0 Å². The lowest BCUT2D eigenvalue weighted by molar-refractivity contribution is 0.303.